The molecule has 2 rings (SSSR count). The summed E-state index contributed by atoms with van der Waals surface area (Å²) in [5.74, 6) is 1.08. The number of aromatic nitrogens is 2. The van der Waals surface area contributed by atoms with Crippen molar-refractivity contribution in [3.05, 3.63) is 53.1 Å². The van der Waals surface area contributed by atoms with Gasteiger partial charge in [-0.15, -0.1) is 11.6 Å². The maximum Gasteiger partial charge on any atom is 0.142 e. The first-order chi connectivity index (χ1) is 8.69. The number of alkyl halides is 1. The number of ether oxygens (including phenoxy) is 1. The van der Waals surface area contributed by atoms with Crippen molar-refractivity contribution >= 4 is 11.6 Å². The summed E-state index contributed by atoms with van der Waals surface area (Å²) in [5.41, 5.74) is 3.87. The third-order valence-electron chi connectivity index (χ3n) is 2.52. The van der Waals surface area contributed by atoms with E-state index in [2.05, 4.69) is 16.0 Å². The Kier molecular flexibility index (Phi) is 4.15. The Hall–Kier alpha value is -1.61. The van der Waals surface area contributed by atoms with Crippen molar-refractivity contribution in [3.63, 3.8) is 0 Å². The average Bonchev–Trinajstić information content (AvgIpc) is 2.37. The van der Waals surface area contributed by atoms with E-state index in [-0.39, 0.29) is 0 Å². The molecule has 0 saturated carbocycles. The standard InChI is InChI=1S/C14H15ClN2O/c1-10-5-12(8-16-7-10)9-18-14-4-3-11(2)17-13(14)6-15/h3-5,7-8H,6,9H2,1-2H3. The molecule has 2 heterocycles. The van der Waals surface area contributed by atoms with Gasteiger partial charge in [0.05, 0.1) is 11.6 Å². The van der Waals surface area contributed by atoms with Crippen LogP contribution in [0.25, 0.3) is 0 Å². The molecule has 18 heavy (non-hydrogen) atoms. The second kappa shape index (κ2) is 5.83. The molecule has 0 saturated heterocycles. The second-order valence-corrected chi connectivity index (χ2v) is 4.46. The van der Waals surface area contributed by atoms with Gasteiger partial charge in [-0.1, -0.05) is 0 Å². The van der Waals surface area contributed by atoms with Crippen LogP contribution in [0.15, 0.2) is 30.6 Å². The lowest BCUT2D eigenvalue weighted by atomic mass is 10.2. The van der Waals surface area contributed by atoms with Gasteiger partial charge in [-0.05, 0) is 37.6 Å². The quantitative estimate of drug-likeness (QED) is 0.792. The lowest BCUT2D eigenvalue weighted by Crippen LogP contribution is -2.01. The zero-order chi connectivity index (χ0) is 13.0. The lowest BCUT2D eigenvalue weighted by molar-refractivity contribution is 0.301. The minimum absolute atomic E-state index is 0.350. The maximum absolute atomic E-state index is 5.86. The summed E-state index contributed by atoms with van der Waals surface area (Å²) in [5, 5.41) is 0. The normalized spacial score (nSPS) is 10.4. The number of rotatable bonds is 4. The molecule has 0 bridgehead atoms. The minimum atomic E-state index is 0.350. The van der Waals surface area contributed by atoms with Crippen LogP contribution in [0.3, 0.4) is 0 Å². The van der Waals surface area contributed by atoms with Gasteiger partial charge in [-0.3, -0.25) is 9.97 Å². The van der Waals surface area contributed by atoms with Crippen LogP contribution in [0.4, 0.5) is 0 Å². The molecule has 0 fully saturated rings. The third kappa shape index (κ3) is 3.20. The van der Waals surface area contributed by atoms with Gasteiger partial charge in [-0.25, -0.2) is 0 Å². The lowest BCUT2D eigenvalue weighted by Gasteiger charge is -2.10. The molecule has 0 radical (unpaired) electrons. The van der Waals surface area contributed by atoms with E-state index in [1.165, 1.54) is 0 Å². The Labute approximate surface area is 112 Å². The molecule has 3 nitrogen and oxygen atoms in total. The Morgan fingerprint density at radius 1 is 1.22 bits per heavy atom. The molecule has 94 valence electrons. The number of aryl methyl sites for hydroxylation is 2. The largest absolute Gasteiger partial charge is 0.487 e. The van der Waals surface area contributed by atoms with Crippen molar-refractivity contribution in [2.24, 2.45) is 0 Å². The van der Waals surface area contributed by atoms with Crippen LogP contribution in [0.5, 0.6) is 5.75 Å². The third-order valence-corrected chi connectivity index (χ3v) is 2.78. The number of nitrogens with zero attached hydrogens (tertiary/aromatic N) is 2. The molecule has 0 atom stereocenters. The van der Waals surface area contributed by atoms with E-state index >= 15 is 0 Å². The van der Waals surface area contributed by atoms with Crippen molar-refractivity contribution in [3.8, 4) is 5.75 Å². The van der Waals surface area contributed by atoms with E-state index in [0.29, 0.717) is 12.5 Å². The van der Waals surface area contributed by atoms with E-state index in [0.717, 1.165) is 28.3 Å². The van der Waals surface area contributed by atoms with Gasteiger partial charge in [0.2, 0.25) is 0 Å². The van der Waals surface area contributed by atoms with Crippen LogP contribution >= 0.6 is 11.6 Å². The SMILES string of the molecule is Cc1cncc(COc2ccc(C)nc2CCl)c1. The number of hydrogen-bond acceptors (Lipinski definition) is 3. The molecule has 0 aromatic carbocycles. The van der Waals surface area contributed by atoms with Gasteiger partial charge in [0.15, 0.2) is 0 Å². The van der Waals surface area contributed by atoms with E-state index in [1.807, 2.05) is 32.2 Å². The van der Waals surface area contributed by atoms with E-state index < -0.39 is 0 Å². The number of halogens is 1. The Morgan fingerprint density at radius 2 is 2.06 bits per heavy atom. The number of hydrogen-bond donors (Lipinski definition) is 0. The first-order valence-electron chi connectivity index (χ1n) is 5.75. The molecule has 2 aromatic heterocycles. The molecule has 2 aromatic rings. The fourth-order valence-corrected chi connectivity index (χ4v) is 1.87. The van der Waals surface area contributed by atoms with E-state index in [4.69, 9.17) is 16.3 Å². The van der Waals surface area contributed by atoms with Crippen LogP contribution in [0.1, 0.15) is 22.5 Å². The molecular weight excluding hydrogens is 248 g/mol. The summed E-state index contributed by atoms with van der Waals surface area (Å²) in [6, 6.07) is 5.87. The molecule has 0 aliphatic heterocycles. The zero-order valence-electron chi connectivity index (χ0n) is 10.5. The maximum atomic E-state index is 5.86. The topological polar surface area (TPSA) is 35.0 Å². The van der Waals surface area contributed by atoms with Crippen LogP contribution < -0.4 is 4.74 Å². The molecular formula is C14H15ClN2O. The molecule has 0 amide bonds. The molecule has 0 aliphatic rings. The van der Waals surface area contributed by atoms with Crippen LogP contribution in [-0.2, 0) is 12.5 Å². The molecule has 0 N–H and O–H groups in total. The average molecular weight is 263 g/mol. The van der Waals surface area contributed by atoms with Gasteiger partial charge in [0, 0.05) is 23.7 Å². The molecule has 4 heteroatoms. The first kappa shape index (κ1) is 12.8. The zero-order valence-corrected chi connectivity index (χ0v) is 11.2. The summed E-state index contributed by atoms with van der Waals surface area (Å²) < 4.78 is 5.74. The van der Waals surface area contributed by atoms with Gasteiger partial charge in [-0.2, -0.15) is 0 Å². The molecule has 0 unspecified atom stereocenters. The summed E-state index contributed by atoms with van der Waals surface area (Å²) in [4.78, 5) is 8.48. The Balaban J connectivity index is 2.10. The Morgan fingerprint density at radius 3 is 2.78 bits per heavy atom. The Bertz CT molecular complexity index is 543. The van der Waals surface area contributed by atoms with Gasteiger partial charge in [0.25, 0.3) is 0 Å². The molecule has 0 aliphatic carbocycles. The minimum Gasteiger partial charge on any atom is -0.487 e. The van der Waals surface area contributed by atoms with Crippen LogP contribution in [0.2, 0.25) is 0 Å². The predicted molar refractivity (Wildman–Crippen MR) is 71.8 cm³/mol. The smallest absolute Gasteiger partial charge is 0.142 e. The molecule has 0 spiro atoms. The fraction of sp³-hybridized carbons (Fsp3) is 0.286. The van der Waals surface area contributed by atoms with Crippen LogP contribution in [-0.4, -0.2) is 9.97 Å². The van der Waals surface area contributed by atoms with Crippen molar-refractivity contribution in [1.82, 2.24) is 9.97 Å². The highest BCUT2D eigenvalue weighted by Gasteiger charge is 2.05. The van der Waals surface area contributed by atoms with Gasteiger partial charge < -0.3 is 4.74 Å². The van der Waals surface area contributed by atoms with Crippen LogP contribution in [0, 0.1) is 13.8 Å². The summed E-state index contributed by atoms with van der Waals surface area (Å²) >= 11 is 5.86. The monoisotopic (exact) mass is 262 g/mol. The predicted octanol–water partition coefficient (Wildman–Crippen LogP) is 3.41. The highest BCUT2D eigenvalue weighted by Crippen LogP contribution is 2.20. The highest BCUT2D eigenvalue weighted by atomic mass is 35.5. The number of pyridine rings is 2. The summed E-state index contributed by atoms with van der Waals surface area (Å²) in [6.07, 6.45) is 3.62. The van der Waals surface area contributed by atoms with Crippen molar-refractivity contribution in [1.29, 1.82) is 0 Å². The van der Waals surface area contributed by atoms with Gasteiger partial charge >= 0.3 is 0 Å². The summed E-state index contributed by atoms with van der Waals surface area (Å²) in [7, 11) is 0. The van der Waals surface area contributed by atoms with Gasteiger partial charge in [0.1, 0.15) is 12.4 Å². The van der Waals surface area contributed by atoms with Crippen molar-refractivity contribution < 1.29 is 4.74 Å². The fourth-order valence-electron chi connectivity index (χ4n) is 1.68. The second-order valence-electron chi connectivity index (χ2n) is 4.19. The first-order valence-corrected chi connectivity index (χ1v) is 6.28. The van der Waals surface area contributed by atoms with E-state index in [9.17, 15) is 0 Å². The summed E-state index contributed by atoms with van der Waals surface area (Å²) in [6.45, 7) is 4.42. The van der Waals surface area contributed by atoms with Crippen molar-refractivity contribution in [2.45, 2.75) is 26.3 Å². The highest BCUT2D eigenvalue weighted by molar-refractivity contribution is 6.17. The van der Waals surface area contributed by atoms with E-state index in [1.54, 1.807) is 6.20 Å². The van der Waals surface area contributed by atoms with Crippen molar-refractivity contribution in [2.75, 3.05) is 0 Å².